The highest BCUT2D eigenvalue weighted by Crippen LogP contribution is 2.23. The van der Waals surface area contributed by atoms with Gasteiger partial charge in [0.15, 0.2) is 11.9 Å². The summed E-state index contributed by atoms with van der Waals surface area (Å²) < 4.78 is 0. The largest absolute Gasteiger partial charge is 0.508 e. The molecule has 0 aliphatic carbocycles. The number of nitrogens with zero attached hydrogens (tertiary/aromatic N) is 4. The maximum atomic E-state index is 15.3. The number of benzene rings is 4. The van der Waals surface area contributed by atoms with Crippen molar-refractivity contribution in [2.75, 3.05) is 19.7 Å². The molecule has 28 nitrogen and oxygen atoms in total. The molecule has 0 spiro atoms. The van der Waals surface area contributed by atoms with Gasteiger partial charge in [-0.05, 0) is 108 Å². The van der Waals surface area contributed by atoms with Gasteiger partial charge in [-0.15, -0.1) is 0 Å². The van der Waals surface area contributed by atoms with Crippen LogP contribution in [-0.4, -0.2) is 170 Å². The number of nitrogens with two attached hydrogens (primary N) is 4. The number of aliphatic hydroxyl groups is 1. The van der Waals surface area contributed by atoms with Crippen LogP contribution in [0.4, 0.5) is 0 Å². The zero-order valence-electron chi connectivity index (χ0n) is 52.7. The molecule has 1 saturated heterocycles. The average Bonchev–Trinajstić information content (AvgIpc) is 1.27. The van der Waals surface area contributed by atoms with E-state index in [1.165, 1.54) is 55.4 Å². The minimum absolute atomic E-state index is 0.0191. The van der Waals surface area contributed by atoms with E-state index in [0.717, 1.165) is 10.8 Å². The highest BCUT2D eigenvalue weighted by molar-refractivity contribution is 6.30. The molecule has 1 aliphatic rings. The third kappa shape index (κ3) is 21.7. The van der Waals surface area contributed by atoms with Crippen molar-refractivity contribution in [1.29, 1.82) is 5.41 Å². The molecule has 0 radical (unpaired) electrons. The molecule has 1 fully saturated rings. The van der Waals surface area contributed by atoms with Crippen LogP contribution in [0.3, 0.4) is 0 Å². The molecule has 5 aromatic rings. The lowest BCUT2D eigenvalue weighted by atomic mass is 9.98. The van der Waals surface area contributed by atoms with E-state index in [0.29, 0.717) is 38.6 Å². The van der Waals surface area contributed by atoms with Crippen LogP contribution in [-0.2, 0) is 73.6 Å². The van der Waals surface area contributed by atoms with E-state index in [9.17, 15) is 53.4 Å². The molecular formula is C65H83ClN16O12. The maximum absolute atomic E-state index is 15.3. The number of phenols is 1. The van der Waals surface area contributed by atoms with E-state index < -0.39 is 138 Å². The first-order valence-electron chi connectivity index (χ1n) is 30.6. The minimum Gasteiger partial charge on any atom is -0.508 e. The van der Waals surface area contributed by atoms with Crippen LogP contribution in [0.1, 0.15) is 82.1 Å². The first kappa shape index (κ1) is 72.8. The molecule has 2 heterocycles. The Hall–Kier alpha value is -10.2. The van der Waals surface area contributed by atoms with Crippen LogP contribution in [0.15, 0.2) is 121 Å². The summed E-state index contributed by atoms with van der Waals surface area (Å²) in [5.41, 5.74) is 24.7. The number of amides is 10. The molecule has 0 unspecified atom stereocenters. The van der Waals surface area contributed by atoms with Crippen LogP contribution < -0.4 is 60.2 Å². The van der Waals surface area contributed by atoms with Gasteiger partial charge in [0.25, 0.3) is 5.91 Å². The summed E-state index contributed by atoms with van der Waals surface area (Å²) in [4.78, 5) is 151. The van der Waals surface area contributed by atoms with E-state index >= 15 is 4.79 Å². The molecule has 18 N–H and O–H groups in total. The fraction of sp³-hybridized carbons (Fsp3) is 0.400. The van der Waals surface area contributed by atoms with E-state index in [1.54, 1.807) is 50.2 Å². The number of aromatic nitrogens is 1. The van der Waals surface area contributed by atoms with Crippen molar-refractivity contribution in [1.82, 2.24) is 52.0 Å². The molecule has 4 aromatic carbocycles. The SMILES string of the molecule is CC(=O)N[C@H](Cc1ccc2ccccc2c1)C(=O)N[C@H](Cc1ccc(Cl)cc1)C(=O)N[C@H](Cc1cccnc1)C(=O)N[C@@H](CO)C(=O)N[C@@H](Cc1ccc(O)cc1)C(=O)N(C(=N)N)[C@@H](CC(C)C)C(=O)N[C@@H](CCCN=C(N)N)C(=O)N1CCC[C@H]1C(=O)N[C@H](C)C(N)=O. The number of likely N-dealkylation sites (tertiary alicyclic amines) is 1. The first-order valence-corrected chi connectivity index (χ1v) is 31.0. The van der Waals surface area contributed by atoms with Crippen LogP contribution in [0.2, 0.25) is 5.02 Å². The van der Waals surface area contributed by atoms with Crippen LogP contribution >= 0.6 is 11.6 Å². The number of nitrogens with one attached hydrogen (secondary N) is 8. The van der Waals surface area contributed by atoms with Gasteiger partial charge in [-0.25, -0.2) is 0 Å². The molecular weight excluding hydrogens is 1230 g/mol. The normalized spacial score (nSPS) is 15.3. The third-order valence-corrected chi connectivity index (χ3v) is 15.8. The second kappa shape index (κ2) is 35.0. The van der Waals surface area contributed by atoms with Gasteiger partial charge in [0.2, 0.25) is 53.2 Å². The minimum atomic E-state index is -1.88. The highest BCUT2D eigenvalue weighted by Gasteiger charge is 2.42. The predicted molar refractivity (Wildman–Crippen MR) is 350 cm³/mol. The zero-order valence-corrected chi connectivity index (χ0v) is 53.4. The lowest BCUT2D eigenvalue weighted by molar-refractivity contribution is -0.144. The van der Waals surface area contributed by atoms with Crippen molar-refractivity contribution in [2.24, 2.45) is 33.8 Å². The number of guanidine groups is 2. The quantitative estimate of drug-likeness (QED) is 0.0153. The number of pyridine rings is 1. The number of aromatic hydroxyl groups is 1. The summed E-state index contributed by atoms with van der Waals surface area (Å²) in [6.45, 7) is 5.07. The number of carbonyl (C=O) groups is 10. The van der Waals surface area contributed by atoms with Crippen molar-refractivity contribution in [2.45, 2.75) is 140 Å². The van der Waals surface area contributed by atoms with Crippen molar-refractivity contribution in [3.8, 4) is 5.75 Å². The van der Waals surface area contributed by atoms with Gasteiger partial charge in [0.05, 0.1) is 6.61 Å². The Kier molecular flexibility index (Phi) is 27.1. The first-order chi connectivity index (χ1) is 44.7. The second-order valence-corrected chi connectivity index (χ2v) is 23.8. The van der Waals surface area contributed by atoms with E-state index in [-0.39, 0.29) is 69.7 Å². The molecule has 1 aliphatic heterocycles. The number of aliphatic hydroxyl groups excluding tert-OH is 1. The smallest absolute Gasteiger partial charge is 0.252 e. The molecule has 0 saturated carbocycles. The van der Waals surface area contributed by atoms with Gasteiger partial charge in [-0.3, -0.25) is 68.2 Å². The summed E-state index contributed by atoms with van der Waals surface area (Å²) in [5, 5.41) is 50.6. The average molecular weight is 1320 g/mol. The Balaban J connectivity index is 1.29. The van der Waals surface area contributed by atoms with Gasteiger partial charge in [0.1, 0.15) is 60.1 Å². The van der Waals surface area contributed by atoms with Crippen molar-refractivity contribution >= 4 is 93.4 Å². The Labute approximate surface area is 548 Å². The maximum Gasteiger partial charge on any atom is 0.252 e. The van der Waals surface area contributed by atoms with Gasteiger partial charge in [0, 0.05) is 63.1 Å². The predicted octanol–water partition coefficient (Wildman–Crippen LogP) is -0.0432. The monoisotopic (exact) mass is 1310 g/mol. The molecule has 502 valence electrons. The topological polar surface area (TPSA) is 455 Å². The molecule has 29 heteroatoms. The lowest BCUT2D eigenvalue weighted by Gasteiger charge is -2.35. The van der Waals surface area contributed by atoms with Crippen LogP contribution in [0, 0.1) is 11.3 Å². The molecule has 10 amide bonds. The number of hydrogen-bond acceptors (Lipinski definition) is 15. The van der Waals surface area contributed by atoms with Crippen LogP contribution in [0.5, 0.6) is 5.75 Å². The summed E-state index contributed by atoms with van der Waals surface area (Å²) in [6, 6.07) is 15.3. The highest BCUT2D eigenvalue weighted by atomic mass is 35.5. The molecule has 94 heavy (non-hydrogen) atoms. The zero-order chi connectivity index (χ0) is 68.8. The summed E-state index contributed by atoms with van der Waals surface area (Å²) in [6.07, 6.45) is 2.57. The van der Waals surface area contributed by atoms with Gasteiger partial charge in [-0.2, -0.15) is 0 Å². The Morgan fingerprint density at radius 1 is 0.660 bits per heavy atom. The number of fused-ring (bicyclic) bond motifs is 1. The fourth-order valence-corrected chi connectivity index (χ4v) is 10.9. The number of phenolic OH excluding ortho intramolecular Hbond substituents is 1. The molecule has 9 atom stereocenters. The van der Waals surface area contributed by atoms with E-state index in [2.05, 4.69) is 47.2 Å². The van der Waals surface area contributed by atoms with Gasteiger partial charge < -0.3 is 75.3 Å². The Bertz CT molecular complexity index is 3540. The number of rotatable bonds is 32. The second-order valence-electron chi connectivity index (χ2n) is 23.4. The number of carbonyl (C=O) groups excluding carboxylic acids is 10. The number of hydrogen-bond donors (Lipinski definition) is 14. The standard InChI is InChI=1S/C65H83ClN16O12/c1-36(2)28-54(61(92)76-47(13-8-26-73-64(68)69)62(93)81-27-9-14-53(81)60(91)74-37(3)55(67)86)82(65(70)71)63(94)51(31-40-18-23-46(85)24-19-40)79-59(90)52(35-83)80-58(89)50(33-42-10-7-25-72-34-42)78-57(88)49(30-39-16-21-45(66)22-17-39)77-56(87)48(75-38(4)84)32-41-15-20-43-11-5-6-12-44(43)29-41/h5-7,10-12,15-25,29,34,36-37,47-54,83,85H,8-9,13-14,26-28,30-33,35H2,1-4H3,(H2,67,86)(H3,70,71)(H,74,91)(H,75,84)(H,76,92)(H,77,87)(H,78,88)(H,79,90)(H,80,89)(H4,68,69,73)/t37-,47+,48-,49-,50-,51+,52+,53+,54+/m1/s1. The molecule has 6 rings (SSSR count). The Morgan fingerprint density at radius 3 is 1.78 bits per heavy atom. The van der Waals surface area contributed by atoms with E-state index in [1.807, 2.05) is 42.5 Å². The van der Waals surface area contributed by atoms with Crippen molar-refractivity contribution < 1.29 is 58.2 Å². The van der Waals surface area contributed by atoms with Crippen molar-refractivity contribution in [3.63, 3.8) is 0 Å². The number of primary amides is 1. The molecule has 0 bridgehead atoms. The van der Waals surface area contributed by atoms with E-state index in [4.69, 9.17) is 39.9 Å². The van der Waals surface area contributed by atoms with Crippen molar-refractivity contribution in [3.05, 3.63) is 143 Å². The summed E-state index contributed by atoms with van der Waals surface area (Å²) in [5.74, 6) is -10.4. The lowest BCUT2D eigenvalue weighted by Crippen LogP contribution is -2.63. The summed E-state index contributed by atoms with van der Waals surface area (Å²) in [7, 11) is 0. The fourth-order valence-electron chi connectivity index (χ4n) is 10.7. The summed E-state index contributed by atoms with van der Waals surface area (Å²) >= 11 is 6.22. The third-order valence-electron chi connectivity index (χ3n) is 15.5. The Morgan fingerprint density at radius 2 is 1.20 bits per heavy atom. The molecule has 1 aromatic heterocycles. The van der Waals surface area contributed by atoms with Gasteiger partial charge >= 0.3 is 0 Å². The number of aliphatic imine (C=N–C) groups is 1. The number of halogens is 1. The van der Waals surface area contributed by atoms with Gasteiger partial charge in [-0.1, -0.05) is 98.2 Å². The van der Waals surface area contributed by atoms with Crippen LogP contribution in [0.25, 0.3) is 10.8 Å².